The summed E-state index contributed by atoms with van der Waals surface area (Å²) < 4.78 is 0. The summed E-state index contributed by atoms with van der Waals surface area (Å²) in [6.07, 6.45) is 2.93. The lowest BCUT2D eigenvalue weighted by Gasteiger charge is -2.07. The van der Waals surface area contributed by atoms with Gasteiger partial charge >= 0.3 is 0 Å². The Balaban J connectivity index is 1.53. The fourth-order valence-corrected chi connectivity index (χ4v) is 3.91. The van der Waals surface area contributed by atoms with Crippen molar-refractivity contribution < 1.29 is 9.59 Å². The summed E-state index contributed by atoms with van der Waals surface area (Å²) in [5, 5.41) is 5.65. The number of nitrogen functional groups attached to an aromatic ring is 1. The van der Waals surface area contributed by atoms with E-state index >= 15 is 0 Å². The van der Waals surface area contributed by atoms with Gasteiger partial charge in [-0.2, -0.15) is 0 Å². The fourth-order valence-electron chi connectivity index (χ4n) is 2.00. The summed E-state index contributed by atoms with van der Waals surface area (Å²) in [6.45, 7) is 1.06. The van der Waals surface area contributed by atoms with Crippen molar-refractivity contribution in [1.82, 2.24) is 25.5 Å². The number of hydrogen-bond acceptors (Lipinski definition) is 10. The lowest BCUT2D eigenvalue weighted by Crippen LogP contribution is -2.26. The molecule has 0 spiro atoms. The maximum Gasteiger partial charge on any atom is 0.252 e. The van der Waals surface area contributed by atoms with Crippen LogP contribution in [0.5, 0.6) is 0 Å². The molecule has 0 atom stereocenters. The molecule has 156 valence electrons. The van der Waals surface area contributed by atoms with Crippen LogP contribution in [0.25, 0.3) is 0 Å². The van der Waals surface area contributed by atoms with Gasteiger partial charge in [0.15, 0.2) is 0 Å². The highest BCUT2D eigenvalue weighted by Crippen LogP contribution is 2.19. The van der Waals surface area contributed by atoms with Crippen molar-refractivity contribution in [3.63, 3.8) is 0 Å². The lowest BCUT2D eigenvalue weighted by atomic mass is 10.2. The van der Waals surface area contributed by atoms with Gasteiger partial charge in [0, 0.05) is 37.0 Å². The molecule has 2 rings (SSSR count). The Labute approximate surface area is 181 Å². The van der Waals surface area contributed by atoms with Gasteiger partial charge in [0.1, 0.15) is 11.6 Å². The number of nitrogens with two attached hydrogens (primary N) is 1. The van der Waals surface area contributed by atoms with Gasteiger partial charge in [-0.15, -0.1) is 4.94 Å². The van der Waals surface area contributed by atoms with Crippen molar-refractivity contribution in [1.29, 1.82) is 0 Å². The molecule has 2 aromatic heterocycles. The van der Waals surface area contributed by atoms with Crippen LogP contribution < -0.4 is 32.3 Å². The summed E-state index contributed by atoms with van der Waals surface area (Å²) >= 11 is 5.31. The highest BCUT2D eigenvalue weighted by molar-refractivity contribution is 8.76. The van der Waals surface area contributed by atoms with Gasteiger partial charge in [0.05, 0.1) is 11.1 Å². The van der Waals surface area contributed by atoms with E-state index in [4.69, 9.17) is 17.6 Å². The van der Waals surface area contributed by atoms with Crippen molar-refractivity contribution in [3.05, 3.63) is 47.8 Å². The van der Waals surface area contributed by atoms with Crippen LogP contribution in [0.15, 0.2) is 36.7 Å². The summed E-state index contributed by atoms with van der Waals surface area (Å²) in [6, 6.07) is 6.57. The SMILES string of the molecule is NNc1ccc(C(=O)NCCSSCCNC(=O)c2ccc(NNCl)nc2)cn1. The molecule has 0 saturated carbocycles. The number of nitrogens with one attached hydrogen (secondary N) is 5. The Morgan fingerprint density at radius 3 is 1.83 bits per heavy atom. The van der Waals surface area contributed by atoms with E-state index in [0.29, 0.717) is 35.9 Å². The van der Waals surface area contributed by atoms with Crippen LogP contribution in [0.1, 0.15) is 20.7 Å². The lowest BCUT2D eigenvalue weighted by molar-refractivity contribution is 0.0947. The van der Waals surface area contributed by atoms with E-state index in [1.54, 1.807) is 45.9 Å². The van der Waals surface area contributed by atoms with Crippen molar-refractivity contribution in [2.24, 2.45) is 5.84 Å². The fraction of sp³-hybridized carbons (Fsp3) is 0.250. The van der Waals surface area contributed by atoms with Crippen LogP contribution in [0, 0.1) is 0 Å². The third-order valence-electron chi connectivity index (χ3n) is 3.40. The van der Waals surface area contributed by atoms with Gasteiger partial charge in [-0.1, -0.05) is 21.6 Å². The first kappa shape index (κ1) is 23.0. The van der Waals surface area contributed by atoms with Crippen LogP contribution in [0.4, 0.5) is 11.6 Å². The number of anilines is 2. The van der Waals surface area contributed by atoms with Gasteiger partial charge in [-0.25, -0.2) is 15.8 Å². The zero-order chi connectivity index (χ0) is 20.9. The Morgan fingerprint density at radius 1 is 0.897 bits per heavy atom. The van der Waals surface area contributed by atoms with E-state index < -0.39 is 0 Å². The Kier molecular flexibility index (Phi) is 10.4. The quantitative estimate of drug-likeness (QED) is 0.0909. The average Bonchev–Trinajstić information content (AvgIpc) is 2.76. The molecule has 13 heteroatoms. The number of amides is 2. The number of hydrogen-bond donors (Lipinski definition) is 6. The molecule has 0 fully saturated rings. The topological polar surface area (TPSA) is 146 Å². The molecule has 29 heavy (non-hydrogen) atoms. The number of rotatable bonds is 12. The smallest absolute Gasteiger partial charge is 0.252 e. The number of carbonyl (C=O) groups is 2. The highest BCUT2D eigenvalue weighted by atomic mass is 35.5. The van der Waals surface area contributed by atoms with Gasteiger partial charge in [0.25, 0.3) is 11.8 Å². The monoisotopic (exact) mass is 456 g/mol. The van der Waals surface area contributed by atoms with Gasteiger partial charge < -0.3 is 16.1 Å². The van der Waals surface area contributed by atoms with Gasteiger partial charge in [0.2, 0.25) is 0 Å². The molecule has 0 aromatic carbocycles. The number of carbonyl (C=O) groups excluding carboxylic acids is 2. The second-order valence-corrected chi connectivity index (χ2v) is 8.27. The Bertz CT molecular complexity index is 779. The minimum Gasteiger partial charge on any atom is -0.351 e. The molecule has 0 aliphatic heterocycles. The molecule has 0 aliphatic rings. The molecule has 0 unspecified atom stereocenters. The first-order valence-corrected chi connectivity index (χ1v) is 11.3. The van der Waals surface area contributed by atoms with Crippen LogP contribution in [0.3, 0.4) is 0 Å². The van der Waals surface area contributed by atoms with Crippen molar-refractivity contribution >= 4 is 56.8 Å². The van der Waals surface area contributed by atoms with Crippen molar-refractivity contribution in [3.8, 4) is 0 Å². The molecule has 7 N–H and O–H groups in total. The predicted octanol–water partition coefficient (Wildman–Crippen LogP) is 1.37. The van der Waals surface area contributed by atoms with E-state index in [1.165, 1.54) is 12.4 Å². The molecule has 0 radical (unpaired) electrons. The Hall–Kier alpha value is -2.25. The number of aromatic nitrogens is 2. The second-order valence-electron chi connectivity index (χ2n) is 5.38. The van der Waals surface area contributed by atoms with Crippen molar-refractivity contribution in [2.75, 3.05) is 35.4 Å². The maximum absolute atomic E-state index is 12.0. The second kappa shape index (κ2) is 13.1. The third-order valence-corrected chi connectivity index (χ3v) is 5.90. The molecule has 2 heterocycles. The maximum atomic E-state index is 12.0. The van der Waals surface area contributed by atoms with Crippen LogP contribution in [-0.2, 0) is 0 Å². The van der Waals surface area contributed by atoms with E-state index in [2.05, 4.69) is 36.4 Å². The minimum atomic E-state index is -0.190. The molecule has 2 aromatic rings. The standard InChI is InChI=1S/C16H21ClN8O2S2/c17-25-24-14-4-2-12(10-22-14)16(27)20-6-8-29-28-7-5-19-15(26)11-1-3-13(23-18)21-9-11/h1-4,9-10,25H,5-8,18H2,(H,19,26)(H,20,27)(H,21,23)(H,22,24). The van der Waals surface area contributed by atoms with E-state index in [0.717, 1.165) is 11.5 Å². The van der Waals surface area contributed by atoms with Crippen LogP contribution >= 0.6 is 33.4 Å². The molecule has 10 nitrogen and oxygen atoms in total. The Morgan fingerprint density at radius 2 is 1.41 bits per heavy atom. The summed E-state index contributed by atoms with van der Waals surface area (Å²) in [7, 11) is 3.24. The van der Waals surface area contributed by atoms with Crippen LogP contribution in [-0.4, -0.2) is 46.4 Å². The first-order valence-electron chi connectivity index (χ1n) is 8.45. The predicted molar refractivity (Wildman–Crippen MR) is 118 cm³/mol. The number of nitrogens with zero attached hydrogens (tertiary/aromatic N) is 2. The largest absolute Gasteiger partial charge is 0.351 e. The number of hydrazine groups is 2. The molecule has 0 saturated heterocycles. The average molecular weight is 457 g/mol. The number of pyridine rings is 2. The van der Waals surface area contributed by atoms with Gasteiger partial charge in [-0.3, -0.25) is 15.0 Å². The summed E-state index contributed by atoms with van der Waals surface area (Å²) in [5.41, 5.74) is 5.95. The van der Waals surface area contributed by atoms with E-state index in [-0.39, 0.29) is 11.8 Å². The highest BCUT2D eigenvalue weighted by Gasteiger charge is 2.06. The number of halogens is 1. The summed E-state index contributed by atoms with van der Waals surface area (Å²) in [4.78, 5) is 34.2. The van der Waals surface area contributed by atoms with E-state index in [1.807, 2.05) is 0 Å². The minimum absolute atomic E-state index is 0.185. The first-order chi connectivity index (χ1) is 14.1. The molecule has 0 bridgehead atoms. The summed E-state index contributed by atoms with van der Waals surface area (Å²) in [5.74, 6) is 7.35. The molecule has 2 amide bonds. The zero-order valence-electron chi connectivity index (χ0n) is 15.3. The third kappa shape index (κ3) is 8.33. The van der Waals surface area contributed by atoms with E-state index in [9.17, 15) is 9.59 Å². The van der Waals surface area contributed by atoms with Gasteiger partial charge in [-0.05, 0) is 36.0 Å². The van der Waals surface area contributed by atoms with Crippen molar-refractivity contribution in [2.45, 2.75) is 0 Å². The van der Waals surface area contributed by atoms with Crippen LogP contribution in [0.2, 0.25) is 0 Å². The zero-order valence-corrected chi connectivity index (χ0v) is 17.7. The molecular weight excluding hydrogens is 436 g/mol. The normalized spacial score (nSPS) is 10.3. The molecular formula is C16H21ClN8O2S2. The molecule has 0 aliphatic carbocycles.